The summed E-state index contributed by atoms with van der Waals surface area (Å²) in [5, 5.41) is 0. The average molecular weight is 149 g/mol. The minimum Gasteiger partial charge on any atom is -0.444 e. The Hall–Kier alpha value is -1.51. The number of rotatable bonds is 1. The van der Waals surface area contributed by atoms with Crippen molar-refractivity contribution in [2.75, 3.05) is 0 Å². The van der Waals surface area contributed by atoms with Gasteiger partial charge in [0.1, 0.15) is 0 Å². The second kappa shape index (κ2) is 2.27. The Bertz CT molecular complexity index is 257. The minimum atomic E-state index is -0.777. The molecule has 3 heteroatoms. The van der Waals surface area contributed by atoms with E-state index in [1.54, 1.807) is 18.2 Å². The number of fused-ring (bicyclic) bond motifs is 1. The first-order chi connectivity index (χ1) is 5.40. The van der Waals surface area contributed by atoms with Crippen molar-refractivity contribution in [2.24, 2.45) is 0 Å². The molecule has 0 saturated heterocycles. The third-order valence-corrected chi connectivity index (χ3v) is 1.39. The van der Waals surface area contributed by atoms with Crippen molar-refractivity contribution in [2.45, 2.75) is 6.29 Å². The van der Waals surface area contributed by atoms with Crippen molar-refractivity contribution in [3.63, 3.8) is 0 Å². The summed E-state index contributed by atoms with van der Waals surface area (Å²) in [4.78, 5) is 10.2. The van der Waals surface area contributed by atoms with Gasteiger partial charge in [0.05, 0.1) is 0 Å². The molecule has 1 atom stereocenters. The Labute approximate surface area is 63.5 Å². The van der Waals surface area contributed by atoms with Crippen LogP contribution in [-0.4, -0.2) is 12.6 Å². The smallest absolute Gasteiger partial charge is 0.297 e. The molecule has 11 heavy (non-hydrogen) atoms. The van der Waals surface area contributed by atoms with Crippen LogP contribution in [0.5, 0.6) is 11.5 Å². The summed E-state index contributed by atoms with van der Waals surface area (Å²) in [6.45, 7) is 0. The van der Waals surface area contributed by atoms with Gasteiger partial charge in [-0.3, -0.25) is 4.79 Å². The van der Waals surface area contributed by atoms with Gasteiger partial charge in [0.25, 0.3) is 6.29 Å². The van der Waals surface area contributed by atoms with Crippen molar-refractivity contribution in [3.05, 3.63) is 24.3 Å². The monoisotopic (exact) mass is 149 g/mol. The predicted molar refractivity (Wildman–Crippen MR) is 36.4 cm³/mol. The van der Waals surface area contributed by atoms with Gasteiger partial charge in [-0.15, -0.1) is 0 Å². The van der Waals surface area contributed by atoms with Crippen molar-refractivity contribution in [3.8, 4) is 11.5 Å². The molecule has 1 aromatic carbocycles. The number of hydrogen-bond acceptors (Lipinski definition) is 3. The summed E-state index contributed by atoms with van der Waals surface area (Å²) >= 11 is 0. The number of carbonyl (C=O) groups excluding carboxylic acids is 1. The van der Waals surface area contributed by atoms with E-state index in [0.29, 0.717) is 17.8 Å². The highest BCUT2D eigenvalue weighted by atomic mass is 16.7. The Kier molecular flexibility index (Phi) is 1.28. The molecule has 1 aromatic rings. The van der Waals surface area contributed by atoms with Gasteiger partial charge in [-0.05, 0) is 18.2 Å². The summed E-state index contributed by atoms with van der Waals surface area (Å²) in [6, 6.07) is 7.87. The molecule has 1 aliphatic rings. The zero-order valence-electron chi connectivity index (χ0n) is 5.61. The van der Waals surface area contributed by atoms with Crippen LogP contribution in [0, 0.1) is 6.07 Å². The van der Waals surface area contributed by atoms with E-state index in [9.17, 15) is 4.79 Å². The SMILES string of the molecule is O=CC1Oc2c[c]ccc2O1. The molecule has 55 valence electrons. The summed E-state index contributed by atoms with van der Waals surface area (Å²) in [7, 11) is 0. The highest BCUT2D eigenvalue weighted by Gasteiger charge is 2.21. The maximum absolute atomic E-state index is 10.2. The molecule has 0 amide bonds. The minimum absolute atomic E-state index is 0.574. The molecule has 0 N–H and O–H groups in total. The molecular weight excluding hydrogens is 144 g/mol. The number of hydrogen-bond donors (Lipinski definition) is 0. The largest absolute Gasteiger partial charge is 0.444 e. The van der Waals surface area contributed by atoms with Gasteiger partial charge in [0.2, 0.25) is 6.29 Å². The first-order valence-electron chi connectivity index (χ1n) is 3.19. The van der Waals surface area contributed by atoms with Crippen LogP contribution in [0.15, 0.2) is 18.2 Å². The Morgan fingerprint density at radius 3 is 3.00 bits per heavy atom. The van der Waals surface area contributed by atoms with Crippen molar-refractivity contribution in [1.29, 1.82) is 0 Å². The molecule has 0 aliphatic carbocycles. The van der Waals surface area contributed by atoms with E-state index < -0.39 is 6.29 Å². The van der Waals surface area contributed by atoms with Crippen LogP contribution in [0.2, 0.25) is 0 Å². The van der Waals surface area contributed by atoms with E-state index in [-0.39, 0.29) is 0 Å². The molecule has 1 aliphatic heterocycles. The fourth-order valence-corrected chi connectivity index (χ4v) is 0.920. The molecule has 1 radical (unpaired) electrons. The summed E-state index contributed by atoms with van der Waals surface area (Å²) in [5.74, 6) is 1.17. The molecule has 0 spiro atoms. The van der Waals surface area contributed by atoms with Gasteiger partial charge in [-0.25, -0.2) is 0 Å². The van der Waals surface area contributed by atoms with Crippen LogP contribution in [0.1, 0.15) is 0 Å². The molecule has 1 heterocycles. The maximum atomic E-state index is 10.2. The van der Waals surface area contributed by atoms with Crippen molar-refractivity contribution >= 4 is 6.29 Å². The Morgan fingerprint density at radius 2 is 2.27 bits per heavy atom. The number of carbonyl (C=O) groups is 1. The molecule has 2 rings (SSSR count). The summed E-state index contributed by atoms with van der Waals surface area (Å²) in [5.41, 5.74) is 0. The zero-order valence-corrected chi connectivity index (χ0v) is 5.61. The lowest BCUT2D eigenvalue weighted by Crippen LogP contribution is -2.18. The van der Waals surface area contributed by atoms with Crippen molar-refractivity contribution < 1.29 is 14.3 Å². The number of ether oxygens (including phenoxy) is 2. The highest BCUT2D eigenvalue weighted by Crippen LogP contribution is 2.32. The third kappa shape index (κ3) is 0.941. The topological polar surface area (TPSA) is 35.5 Å². The fraction of sp³-hybridized carbons (Fsp3) is 0.125. The highest BCUT2D eigenvalue weighted by molar-refractivity contribution is 5.59. The van der Waals surface area contributed by atoms with Crippen LogP contribution < -0.4 is 9.47 Å². The lowest BCUT2D eigenvalue weighted by molar-refractivity contribution is -0.121. The van der Waals surface area contributed by atoms with Crippen LogP contribution >= 0.6 is 0 Å². The Morgan fingerprint density at radius 1 is 1.45 bits per heavy atom. The fourth-order valence-electron chi connectivity index (χ4n) is 0.920. The number of benzene rings is 1. The van der Waals surface area contributed by atoms with E-state index in [1.807, 2.05) is 0 Å². The van der Waals surface area contributed by atoms with Gasteiger partial charge in [0, 0.05) is 0 Å². The van der Waals surface area contributed by atoms with Gasteiger partial charge in [-0.1, -0.05) is 6.07 Å². The predicted octanol–water partition coefficient (Wildman–Crippen LogP) is 0.783. The quantitative estimate of drug-likeness (QED) is 0.553. The van der Waals surface area contributed by atoms with Crippen molar-refractivity contribution in [1.82, 2.24) is 0 Å². The van der Waals surface area contributed by atoms with E-state index in [1.165, 1.54) is 0 Å². The van der Waals surface area contributed by atoms with E-state index in [4.69, 9.17) is 9.47 Å². The molecule has 0 bridgehead atoms. The lowest BCUT2D eigenvalue weighted by Gasteiger charge is -1.98. The van der Waals surface area contributed by atoms with Crippen LogP contribution in [-0.2, 0) is 4.79 Å². The van der Waals surface area contributed by atoms with E-state index in [0.717, 1.165) is 0 Å². The third-order valence-electron chi connectivity index (χ3n) is 1.39. The molecule has 0 aromatic heterocycles. The standard InChI is InChI=1S/C8H5O3/c9-5-8-10-6-3-1-2-4-7(6)11-8/h1,3-5,8H. The average Bonchev–Trinajstić information content (AvgIpc) is 2.46. The molecule has 3 nitrogen and oxygen atoms in total. The van der Waals surface area contributed by atoms with Gasteiger partial charge in [-0.2, -0.15) is 0 Å². The number of aldehydes is 1. The Balaban J connectivity index is 2.33. The first kappa shape index (κ1) is 6.22. The normalized spacial score (nSPS) is 14.9. The van der Waals surface area contributed by atoms with Crippen LogP contribution in [0.4, 0.5) is 0 Å². The van der Waals surface area contributed by atoms with E-state index >= 15 is 0 Å². The second-order valence-electron chi connectivity index (χ2n) is 2.11. The van der Waals surface area contributed by atoms with Crippen LogP contribution in [0.3, 0.4) is 0 Å². The van der Waals surface area contributed by atoms with Crippen LogP contribution in [0.25, 0.3) is 0 Å². The molecule has 0 saturated carbocycles. The van der Waals surface area contributed by atoms with Gasteiger partial charge < -0.3 is 9.47 Å². The second-order valence-corrected chi connectivity index (χ2v) is 2.11. The van der Waals surface area contributed by atoms with Gasteiger partial charge in [0.15, 0.2) is 11.5 Å². The lowest BCUT2D eigenvalue weighted by atomic mass is 10.3. The summed E-state index contributed by atoms with van der Waals surface area (Å²) in [6.07, 6.45) is -0.166. The first-order valence-corrected chi connectivity index (χ1v) is 3.19. The van der Waals surface area contributed by atoms with Gasteiger partial charge >= 0.3 is 0 Å². The maximum Gasteiger partial charge on any atom is 0.297 e. The molecule has 1 unspecified atom stereocenters. The summed E-state index contributed by atoms with van der Waals surface area (Å²) < 4.78 is 10.1. The zero-order chi connectivity index (χ0) is 7.68. The molecule has 0 fully saturated rings. The molecular formula is C8H5O3. The van der Waals surface area contributed by atoms with E-state index in [2.05, 4.69) is 6.07 Å².